The summed E-state index contributed by atoms with van der Waals surface area (Å²) in [7, 11) is 0. The van der Waals surface area contributed by atoms with Crippen molar-refractivity contribution in [3.05, 3.63) is 30.3 Å². The minimum atomic E-state index is 0.380. The van der Waals surface area contributed by atoms with E-state index < -0.39 is 0 Å². The normalized spacial score (nSPS) is 10.3. The van der Waals surface area contributed by atoms with Crippen molar-refractivity contribution < 1.29 is 4.79 Å². The summed E-state index contributed by atoms with van der Waals surface area (Å²) < 4.78 is 0. The topological polar surface area (TPSA) is 17.1 Å². The van der Waals surface area contributed by atoms with Crippen LogP contribution in [-0.2, 0) is 4.79 Å². The van der Waals surface area contributed by atoms with E-state index in [0.717, 1.165) is 12.8 Å². The van der Waals surface area contributed by atoms with Gasteiger partial charge in [-0.2, -0.15) is 0 Å². The van der Waals surface area contributed by atoms with Gasteiger partial charge in [0.15, 0.2) is 0 Å². The summed E-state index contributed by atoms with van der Waals surface area (Å²) in [4.78, 5) is 12.7. The van der Waals surface area contributed by atoms with E-state index in [2.05, 4.69) is 19.1 Å². The number of hydrogen-bond donors (Lipinski definition) is 0. The third-order valence-corrected chi connectivity index (χ3v) is 3.52. The Labute approximate surface area is 103 Å². The summed E-state index contributed by atoms with van der Waals surface area (Å²) in [5.41, 5.74) is 0. The molecule has 0 aromatic heterocycles. The summed E-state index contributed by atoms with van der Waals surface area (Å²) >= 11 is 1.64. The summed E-state index contributed by atoms with van der Waals surface area (Å²) in [5.74, 6) is 1.00. The number of hydrogen-bond acceptors (Lipinski definition) is 2. The van der Waals surface area contributed by atoms with E-state index in [4.69, 9.17) is 0 Å². The molecule has 0 atom stereocenters. The SMILES string of the molecule is CCCCCCC(=O)CSc1ccccc1. The van der Waals surface area contributed by atoms with Crippen LogP contribution in [-0.4, -0.2) is 11.5 Å². The number of rotatable bonds is 8. The van der Waals surface area contributed by atoms with Gasteiger partial charge in [-0.25, -0.2) is 0 Å². The van der Waals surface area contributed by atoms with Crippen molar-refractivity contribution >= 4 is 17.5 Å². The maximum Gasteiger partial charge on any atom is 0.143 e. The minimum absolute atomic E-state index is 0.380. The Morgan fingerprint density at radius 1 is 1.12 bits per heavy atom. The van der Waals surface area contributed by atoms with Gasteiger partial charge in [0.1, 0.15) is 5.78 Å². The number of carbonyl (C=O) groups is 1. The second-order valence-corrected chi connectivity index (χ2v) is 5.00. The van der Waals surface area contributed by atoms with Gasteiger partial charge in [-0.15, -0.1) is 11.8 Å². The zero-order valence-corrected chi connectivity index (χ0v) is 10.8. The Kier molecular flexibility index (Phi) is 6.98. The van der Waals surface area contributed by atoms with Crippen molar-refractivity contribution in [2.24, 2.45) is 0 Å². The molecule has 0 saturated carbocycles. The number of Topliss-reactive ketones (excluding diaryl/α,β-unsaturated/α-hetero) is 1. The lowest BCUT2D eigenvalue weighted by molar-refractivity contribution is -0.116. The molecule has 0 radical (unpaired) electrons. The Morgan fingerprint density at radius 3 is 2.56 bits per heavy atom. The third-order valence-electron chi connectivity index (χ3n) is 2.45. The number of ketones is 1. The zero-order valence-electron chi connectivity index (χ0n) is 9.95. The summed E-state index contributed by atoms with van der Waals surface area (Å²) in [6, 6.07) is 10.1. The van der Waals surface area contributed by atoms with E-state index in [9.17, 15) is 4.79 Å². The minimum Gasteiger partial charge on any atom is -0.299 e. The molecular weight excluding hydrogens is 216 g/mol. The first kappa shape index (κ1) is 13.3. The van der Waals surface area contributed by atoms with Crippen LogP contribution in [0.3, 0.4) is 0 Å². The lowest BCUT2D eigenvalue weighted by Gasteiger charge is -2.01. The quantitative estimate of drug-likeness (QED) is 0.494. The van der Waals surface area contributed by atoms with E-state index in [-0.39, 0.29) is 0 Å². The Hall–Kier alpha value is -0.760. The molecule has 0 N–H and O–H groups in total. The highest BCUT2D eigenvalue weighted by Gasteiger charge is 2.02. The Bertz CT molecular complexity index is 295. The molecule has 0 aliphatic carbocycles. The van der Waals surface area contributed by atoms with Crippen LogP contribution in [0.15, 0.2) is 35.2 Å². The maximum atomic E-state index is 11.6. The lowest BCUT2D eigenvalue weighted by Crippen LogP contribution is -2.00. The Morgan fingerprint density at radius 2 is 1.88 bits per heavy atom. The third kappa shape index (κ3) is 5.96. The van der Waals surface area contributed by atoms with Gasteiger partial charge >= 0.3 is 0 Å². The highest BCUT2D eigenvalue weighted by atomic mass is 32.2. The molecule has 0 unspecified atom stereocenters. The van der Waals surface area contributed by atoms with Crippen LogP contribution in [0, 0.1) is 0 Å². The fourth-order valence-corrected chi connectivity index (χ4v) is 2.32. The van der Waals surface area contributed by atoms with Gasteiger partial charge < -0.3 is 0 Å². The van der Waals surface area contributed by atoms with Gasteiger partial charge in [0.2, 0.25) is 0 Å². The predicted octanol–water partition coefficient (Wildman–Crippen LogP) is 4.32. The van der Waals surface area contributed by atoms with Gasteiger partial charge in [0.25, 0.3) is 0 Å². The molecule has 0 aliphatic rings. The molecule has 0 bridgehead atoms. The fraction of sp³-hybridized carbons (Fsp3) is 0.500. The molecule has 1 nitrogen and oxygen atoms in total. The molecular formula is C14H20OS. The van der Waals surface area contributed by atoms with Gasteiger partial charge in [-0.1, -0.05) is 44.4 Å². The standard InChI is InChI=1S/C14H20OS/c1-2-3-4-6-9-13(15)12-16-14-10-7-5-8-11-14/h5,7-8,10-11H,2-4,6,9,12H2,1H3. The second-order valence-electron chi connectivity index (χ2n) is 3.95. The highest BCUT2D eigenvalue weighted by molar-refractivity contribution is 8.00. The fourth-order valence-electron chi connectivity index (χ4n) is 1.50. The first-order valence-corrected chi connectivity index (χ1v) is 7.01. The molecule has 1 aromatic carbocycles. The van der Waals surface area contributed by atoms with Crippen LogP contribution in [0.5, 0.6) is 0 Å². The summed E-state index contributed by atoms with van der Waals surface area (Å²) in [6.45, 7) is 2.19. The van der Waals surface area contributed by atoms with Gasteiger partial charge in [-0.3, -0.25) is 4.79 Å². The number of thioether (sulfide) groups is 1. The molecule has 0 heterocycles. The second kappa shape index (κ2) is 8.40. The molecule has 2 heteroatoms. The van der Waals surface area contributed by atoms with E-state index in [0.29, 0.717) is 11.5 Å². The van der Waals surface area contributed by atoms with E-state index >= 15 is 0 Å². The van der Waals surface area contributed by atoms with Crippen LogP contribution in [0.25, 0.3) is 0 Å². The molecule has 88 valence electrons. The molecule has 1 rings (SSSR count). The van der Waals surface area contributed by atoms with Gasteiger partial charge in [0, 0.05) is 11.3 Å². The van der Waals surface area contributed by atoms with Crippen LogP contribution in [0.2, 0.25) is 0 Å². The molecule has 0 aliphatic heterocycles. The molecule has 0 saturated heterocycles. The van der Waals surface area contributed by atoms with Crippen molar-refractivity contribution in [1.29, 1.82) is 0 Å². The van der Waals surface area contributed by atoms with Crippen LogP contribution < -0.4 is 0 Å². The maximum absolute atomic E-state index is 11.6. The molecule has 0 amide bonds. The molecule has 0 fully saturated rings. The van der Waals surface area contributed by atoms with Gasteiger partial charge in [0.05, 0.1) is 5.75 Å². The Balaban J connectivity index is 2.11. The summed E-state index contributed by atoms with van der Waals surface area (Å²) in [6.07, 6.45) is 5.48. The monoisotopic (exact) mass is 236 g/mol. The zero-order chi connectivity index (χ0) is 11.6. The van der Waals surface area contributed by atoms with E-state index in [1.54, 1.807) is 11.8 Å². The smallest absolute Gasteiger partial charge is 0.143 e. The van der Waals surface area contributed by atoms with Gasteiger partial charge in [-0.05, 0) is 18.6 Å². The summed E-state index contributed by atoms with van der Waals surface area (Å²) in [5, 5.41) is 0. The van der Waals surface area contributed by atoms with E-state index in [1.165, 1.54) is 24.2 Å². The molecule has 1 aromatic rings. The number of unbranched alkanes of at least 4 members (excludes halogenated alkanes) is 3. The van der Waals surface area contributed by atoms with Crippen molar-refractivity contribution in [2.75, 3.05) is 5.75 Å². The number of carbonyl (C=O) groups excluding carboxylic acids is 1. The van der Waals surface area contributed by atoms with Crippen molar-refractivity contribution in [3.63, 3.8) is 0 Å². The average molecular weight is 236 g/mol. The average Bonchev–Trinajstić information content (AvgIpc) is 2.33. The molecule has 16 heavy (non-hydrogen) atoms. The lowest BCUT2D eigenvalue weighted by atomic mass is 10.1. The first-order chi connectivity index (χ1) is 7.83. The van der Waals surface area contributed by atoms with Crippen LogP contribution in [0.4, 0.5) is 0 Å². The van der Waals surface area contributed by atoms with E-state index in [1.807, 2.05) is 18.2 Å². The van der Waals surface area contributed by atoms with Crippen molar-refractivity contribution in [3.8, 4) is 0 Å². The largest absolute Gasteiger partial charge is 0.299 e. The first-order valence-electron chi connectivity index (χ1n) is 6.02. The predicted molar refractivity (Wildman–Crippen MR) is 70.9 cm³/mol. The van der Waals surface area contributed by atoms with Crippen LogP contribution in [0.1, 0.15) is 39.0 Å². The highest BCUT2D eigenvalue weighted by Crippen LogP contribution is 2.17. The van der Waals surface area contributed by atoms with Crippen molar-refractivity contribution in [1.82, 2.24) is 0 Å². The molecule has 0 spiro atoms. The van der Waals surface area contributed by atoms with Crippen molar-refractivity contribution in [2.45, 2.75) is 43.9 Å². The number of benzene rings is 1. The van der Waals surface area contributed by atoms with Crippen LogP contribution >= 0.6 is 11.8 Å².